The van der Waals surface area contributed by atoms with E-state index in [0.29, 0.717) is 40.6 Å². The molecule has 2 aromatic heterocycles. The van der Waals surface area contributed by atoms with E-state index in [4.69, 9.17) is 15.2 Å². The molecule has 0 saturated heterocycles. The molecule has 1 amide bonds. The number of aromatic amines is 1. The molecule has 1 aliphatic carbocycles. The summed E-state index contributed by atoms with van der Waals surface area (Å²) in [6.45, 7) is 0.685. The molecule has 0 aliphatic heterocycles. The molecular weight excluding hydrogens is 320 g/mol. The van der Waals surface area contributed by atoms with Crippen LogP contribution in [0.1, 0.15) is 23.2 Å². The lowest BCUT2D eigenvalue weighted by molar-refractivity contribution is 0.100. The largest absolute Gasteiger partial charge is 0.497 e. The molecule has 1 saturated carbocycles. The maximum atomic E-state index is 11.6. The molecule has 7 nitrogen and oxygen atoms in total. The maximum Gasteiger partial charge on any atom is 0.252 e. The number of hydrogen-bond donors (Lipinski definition) is 2. The Labute approximate surface area is 144 Å². The number of fused-ring (bicyclic) bond motifs is 1. The van der Waals surface area contributed by atoms with E-state index in [1.807, 2.05) is 18.2 Å². The highest BCUT2D eigenvalue weighted by Gasteiger charge is 2.23. The van der Waals surface area contributed by atoms with Gasteiger partial charge in [0.1, 0.15) is 29.0 Å². The second kappa shape index (κ2) is 6.08. The fourth-order valence-electron chi connectivity index (χ4n) is 2.77. The molecule has 0 bridgehead atoms. The third-order valence-corrected chi connectivity index (χ3v) is 4.34. The molecular formula is C18H18N4O3. The Kier molecular flexibility index (Phi) is 3.76. The first-order valence-electron chi connectivity index (χ1n) is 8.10. The van der Waals surface area contributed by atoms with Crippen LogP contribution in [0.4, 0.5) is 0 Å². The van der Waals surface area contributed by atoms with Crippen molar-refractivity contribution in [1.82, 2.24) is 15.0 Å². The van der Waals surface area contributed by atoms with Gasteiger partial charge in [-0.1, -0.05) is 0 Å². The van der Waals surface area contributed by atoms with Crippen molar-refractivity contribution < 1.29 is 14.3 Å². The van der Waals surface area contributed by atoms with E-state index in [0.717, 1.165) is 11.3 Å². The summed E-state index contributed by atoms with van der Waals surface area (Å²) < 4.78 is 11.3. The van der Waals surface area contributed by atoms with Crippen LogP contribution in [0.3, 0.4) is 0 Å². The number of nitrogens with two attached hydrogens (primary N) is 1. The topological polar surface area (TPSA) is 103 Å². The first kappa shape index (κ1) is 15.4. The van der Waals surface area contributed by atoms with Gasteiger partial charge in [-0.25, -0.2) is 9.97 Å². The second-order valence-electron chi connectivity index (χ2n) is 6.13. The zero-order chi connectivity index (χ0) is 17.4. The van der Waals surface area contributed by atoms with Gasteiger partial charge in [-0.15, -0.1) is 0 Å². The fraction of sp³-hybridized carbons (Fsp3) is 0.278. The molecule has 2 heterocycles. The summed E-state index contributed by atoms with van der Waals surface area (Å²) in [5.74, 6) is 1.52. The molecule has 1 fully saturated rings. The van der Waals surface area contributed by atoms with E-state index < -0.39 is 5.91 Å². The second-order valence-corrected chi connectivity index (χ2v) is 6.13. The lowest BCUT2D eigenvalue weighted by Gasteiger charge is -2.13. The fourth-order valence-corrected chi connectivity index (χ4v) is 2.77. The highest BCUT2D eigenvalue weighted by molar-refractivity contribution is 6.07. The van der Waals surface area contributed by atoms with Crippen LogP contribution < -0.4 is 15.2 Å². The first-order chi connectivity index (χ1) is 12.2. The number of nitrogens with zero attached hydrogens (tertiary/aromatic N) is 2. The van der Waals surface area contributed by atoms with Gasteiger partial charge < -0.3 is 20.2 Å². The smallest absolute Gasteiger partial charge is 0.252 e. The SMILES string of the molecule is COc1ccc(OCC2CC2)c(-c2ncnc3c(C(N)=O)c[nH]c23)c1. The van der Waals surface area contributed by atoms with Gasteiger partial charge in [0, 0.05) is 11.8 Å². The zero-order valence-electron chi connectivity index (χ0n) is 13.8. The first-order valence-corrected chi connectivity index (χ1v) is 8.10. The minimum atomic E-state index is -0.535. The van der Waals surface area contributed by atoms with E-state index in [-0.39, 0.29) is 0 Å². The molecule has 4 rings (SSSR count). The van der Waals surface area contributed by atoms with Gasteiger partial charge in [-0.05, 0) is 37.0 Å². The number of hydrogen-bond acceptors (Lipinski definition) is 5. The normalized spacial score (nSPS) is 13.8. The predicted octanol–water partition coefficient (Wildman–Crippen LogP) is 2.52. The average Bonchev–Trinajstić information content (AvgIpc) is 3.35. The zero-order valence-corrected chi connectivity index (χ0v) is 13.8. The maximum absolute atomic E-state index is 11.6. The van der Waals surface area contributed by atoms with Crippen LogP contribution in [0, 0.1) is 5.92 Å². The Morgan fingerprint density at radius 2 is 2.20 bits per heavy atom. The molecule has 0 atom stereocenters. The number of aromatic nitrogens is 3. The van der Waals surface area contributed by atoms with Crippen molar-refractivity contribution in [2.75, 3.05) is 13.7 Å². The third kappa shape index (κ3) is 2.88. The van der Waals surface area contributed by atoms with E-state index in [1.165, 1.54) is 19.2 Å². The van der Waals surface area contributed by atoms with Crippen LogP contribution in [-0.2, 0) is 0 Å². The van der Waals surface area contributed by atoms with Crippen LogP contribution in [0.25, 0.3) is 22.3 Å². The van der Waals surface area contributed by atoms with Gasteiger partial charge >= 0.3 is 0 Å². The average molecular weight is 338 g/mol. The van der Waals surface area contributed by atoms with E-state index >= 15 is 0 Å². The van der Waals surface area contributed by atoms with Crippen molar-refractivity contribution >= 4 is 16.9 Å². The highest BCUT2D eigenvalue weighted by Crippen LogP contribution is 2.37. The molecule has 1 aromatic carbocycles. The number of carbonyl (C=O) groups excluding carboxylic acids is 1. The number of primary amides is 1. The minimum Gasteiger partial charge on any atom is -0.497 e. The Hall–Kier alpha value is -3.09. The van der Waals surface area contributed by atoms with Crippen molar-refractivity contribution in [3.8, 4) is 22.8 Å². The molecule has 128 valence electrons. The Bertz CT molecular complexity index is 947. The lowest BCUT2D eigenvalue weighted by Crippen LogP contribution is -2.10. The summed E-state index contributed by atoms with van der Waals surface area (Å²) in [6, 6.07) is 5.60. The van der Waals surface area contributed by atoms with Crippen molar-refractivity contribution in [3.05, 3.63) is 36.3 Å². The van der Waals surface area contributed by atoms with Crippen molar-refractivity contribution in [3.63, 3.8) is 0 Å². The summed E-state index contributed by atoms with van der Waals surface area (Å²) in [7, 11) is 1.61. The van der Waals surface area contributed by atoms with Crippen molar-refractivity contribution in [2.45, 2.75) is 12.8 Å². The van der Waals surface area contributed by atoms with Crippen molar-refractivity contribution in [1.29, 1.82) is 0 Å². The molecule has 0 unspecified atom stereocenters. The molecule has 25 heavy (non-hydrogen) atoms. The van der Waals surface area contributed by atoms with Gasteiger partial charge in [-0.3, -0.25) is 4.79 Å². The summed E-state index contributed by atoms with van der Waals surface area (Å²) in [5, 5.41) is 0. The summed E-state index contributed by atoms with van der Waals surface area (Å²) >= 11 is 0. The molecule has 1 aliphatic rings. The van der Waals surface area contributed by atoms with Gasteiger partial charge in [0.2, 0.25) is 0 Å². The van der Waals surface area contributed by atoms with E-state index in [9.17, 15) is 4.79 Å². The third-order valence-electron chi connectivity index (χ3n) is 4.34. The summed E-state index contributed by atoms with van der Waals surface area (Å²) in [5.41, 5.74) is 8.30. The predicted molar refractivity (Wildman–Crippen MR) is 92.6 cm³/mol. The number of carbonyl (C=O) groups is 1. The van der Waals surface area contributed by atoms with Gasteiger partial charge in [0.15, 0.2) is 0 Å². The number of amides is 1. The number of H-pyrrole nitrogens is 1. The standard InChI is InChI=1S/C18H18N4O3/c1-24-11-4-5-14(25-8-10-2-3-10)12(6-11)15-17-16(22-9-21-15)13(7-20-17)18(19)23/h4-7,9-10,20H,2-3,8H2,1H3,(H2,19,23). The van der Waals surface area contributed by atoms with Gasteiger partial charge in [0.25, 0.3) is 5.91 Å². The van der Waals surface area contributed by atoms with Crippen LogP contribution in [-0.4, -0.2) is 34.6 Å². The Morgan fingerprint density at radius 1 is 1.36 bits per heavy atom. The van der Waals surface area contributed by atoms with E-state index in [1.54, 1.807) is 13.3 Å². The van der Waals surface area contributed by atoms with Crippen LogP contribution in [0.2, 0.25) is 0 Å². The van der Waals surface area contributed by atoms with E-state index in [2.05, 4.69) is 15.0 Å². The minimum absolute atomic E-state index is 0.335. The molecule has 7 heteroatoms. The van der Waals surface area contributed by atoms with Crippen LogP contribution in [0.5, 0.6) is 11.5 Å². The molecule has 0 spiro atoms. The Morgan fingerprint density at radius 3 is 2.92 bits per heavy atom. The monoisotopic (exact) mass is 338 g/mol. The van der Waals surface area contributed by atoms with Crippen LogP contribution >= 0.6 is 0 Å². The number of methoxy groups -OCH3 is 1. The summed E-state index contributed by atoms with van der Waals surface area (Å²) in [4.78, 5) is 23.2. The highest BCUT2D eigenvalue weighted by atomic mass is 16.5. The number of benzene rings is 1. The molecule has 3 aromatic rings. The summed E-state index contributed by atoms with van der Waals surface area (Å²) in [6.07, 6.45) is 5.39. The lowest BCUT2D eigenvalue weighted by atomic mass is 10.1. The Balaban J connectivity index is 1.84. The number of ether oxygens (including phenoxy) is 2. The quantitative estimate of drug-likeness (QED) is 0.719. The van der Waals surface area contributed by atoms with Gasteiger partial charge in [0.05, 0.1) is 24.8 Å². The molecule has 3 N–H and O–H groups in total. The van der Waals surface area contributed by atoms with Crippen molar-refractivity contribution in [2.24, 2.45) is 11.7 Å². The van der Waals surface area contributed by atoms with Crippen LogP contribution in [0.15, 0.2) is 30.7 Å². The molecule has 0 radical (unpaired) electrons. The number of rotatable bonds is 6. The number of nitrogens with one attached hydrogen (secondary N) is 1. The van der Waals surface area contributed by atoms with Gasteiger partial charge in [-0.2, -0.15) is 0 Å².